The molecule has 0 fully saturated rings. The van der Waals surface area contributed by atoms with Gasteiger partial charge >= 0.3 is 7.82 Å². The average Bonchev–Trinajstić information content (AvgIpc) is 3.24. The minimum Gasteiger partial charge on any atom is -0.391 e. The van der Waals surface area contributed by atoms with Gasteiger partial charge in [-0.1, -0.05) is 208 Å². The molecule has 1 amide bonds. The number of carbonyl (C=O) groups is 1. The molecule has 8 nitrogen and oxygen atoms in total. The van der Waals surface area contributed by atoms with Crippen molar-refractivity contribution in [3.05, 3.63) is 85.1 Å². The number of hydrogen-bond acceptors (Lipinski definition) is 5. The fraction of sp³-hybridized carbons (Fsp3) is 0.722. The van der Waals surface area contributed by atoms with Gasteiger partial charge in [-0.2, -0.15) is 0 Å². The summed E-state index contributed by atoms with van der Waals surface area (Å²) >= 11 is 0. The average molecular weight is 902 g/mol. The van der Waals surface area contributed by atoms with Crippen molar-refractivity contribution in [3.8, 4) is 0 Å². The molecule has 0 radical (unpaired) electrons. The van der Waals surface area contributed by atoms with Crippen molar-refractivity contribution < 1.29 is 32.9 Å². The van der Waals surface area contributed by atoms with E-state index >= 15 is 0 Å². The Kier molecular flexibility index (Phi) is 43.2. The lowest BCUT2D eigenvalue weighted by atomic mass is 10.0. The number of carbonyl (C=O) groups excluding carboxylic acids is 1. The molecule has 63 heavy (non-hydrogen) atoms. The van der Waals surface area contributed by atoms with Crippen molar-refractivity contribution in [2.24, 2.45) is 0 Å². The van der Waals surface area contributed by atoms with Crippen LogP contribution < -0.4 is 5.32 Å². The fourth-order valence-corrected chi connectivity index (χ4v) is 7.64. The molecule has 3 unspecified atom stereocenters. The molecule has 0 aromatic heterocycles. The van der Waals surface area contributed by atoms with Gasteiger partial charge < -0.3 is 19.8 Å². The highest BCUT2D eigenvalue weighted by Crippen LogP contribution is 2.43. The first-order valence-corrected chi connectivity index (χ1v) is 26.9. The first-order valence-electron chi connectivity index (χ1n) is 25.5. The number of amides is 1. The van der Waals surface area contributed by atoms with Crippen LogP contribution in [0.3, 0.4) is 0 Å². The van der Waals surface area contributed by atoms with Gasteiger partial charge in [-0.25, -0.2) is 4.57 Å². The second kappa shape index (κ2) is 44.9. The van der Waals surface area contributed by atoms with Crippen LogP contribution in [0, 0.1) is 0 Å². The molecule has 0 aliphatic rings. The van der Waals surface area contributed by atoms with Crippen molar-refractivity contribution in [1.82, 2.24) is 5.32 Å². The summed E-state index contributed by atoms with van der Waals surface area (Å²) in [6.07, 6.45) is 62.0. The predicted molar refractivity (Wildman–Crippen MR) is 272 cm³/mol. The Hall–Kier alpha value is -2.32. The zero-order chi connectivity index (χ0) is 46.4. The summed E-state index contributed by atoms with van der Waals surface area (Å²) in [6.45, 7) is 4.74. The molecule has 0 saturated carbocycles. The third-order valence-electron chi connectivity index (χ3n) is 10.9. The number of nitrogens with one attached hydrogen (secondary N) is 1. The van der Waals surface area contributed by atoms with E-state index in [1.807, 2.05) is 21.1 Å². The summed E-state index contributed by atoms with van der Waals surface area (Å²) in [6, 6.07) is -0.767. The van der Waals surface area contributed by atoms with Crippen LogP contribution in [-0.4, -0.2) is 73.4 Å². The number of aliphatic hydroxyl groups is 1. The molecule has 0 rings (SSSR count). The summed E-state index contributed by atoms with van der Waals surface area (Å²) in [5.41, 5.74) is 0. The zero-order valence-electron chi connectivity index (χ0n) is 41.3. The normalized spacial score (nSPS) is 14.8. The van der Waals surface area contributed by atoms with E-state index in [0.29, 0.717) is 23.9 Å². The molecule has 3 atom stereocenters. The van der Waals surface area contributed by atoms with Crippen molar-refractivity contribution in [2.45, 2.75) is 212 Å². The number of aliphatic hydroxyl groups excluding tert-OH is 1. The van der Waals surface area contributed by atoms with Crippen LogP contribution in [0.25, 0.3) is 0 Å². The number of phosphoric acid groups is 1. The molecule has 0 aromatic rings. The van der Waals surface area contributed by atoms with E-state index in [9.17, 15) is 19.4 Å². The molecular weight excluding hydrogens is 804 g/mol. The lowest BCUT2D eigenvalue weighted by Crippen LogP contribution is -2.46. The van der Waals surface area contributed by atoms with Gasteiger partial charge in [0.2, 0.25) is 5.91 Å². The number of hydrogen-bond donors (Lipinski definition) is 3. The number of nitrogens with zero attached hydrogens (tertiary/aromatic N) is 1. The standard InChI is InChI=1S/C54H97N2O6P/c1-6-8-10-12-14-16-18-19-20-21-22-23-24-25-26-27-28-29-30-31-32-33-34-35-36-37-38-40-42-44-46-48-54(58)55-52(51-62-63(59,60)61-50-49-56(3,4)5)53(57)47-45-43-41-39-17-15-13-11-9-7-2/h8,10,14,16,19-20,22-23,25-26,28-29,31-32,52-53,57H,6-7,9,11-13,15,17-18,21,24,27,30,33-51H2,1-5H3,(H-,55,58,59,60)/p+1/b10-8-,16-14-,20-19-,23-22-,26-25-,29-28-,32-31-. The van der Waals surface area contributed by atoms with Gasteiger partial charge in [-0.15, -0.1) is 0 Å². The van der Waals surface area contributed by atoms with Crippen molar-refractivity contribution in [3.63, 3.8) is 0 Å². The molecule has 0 bridgehead atoms. The quantitative estimate of drug-likeness (QED) is 0.0243. The first-order chi connectivity index (χ1) is 30.5. The van der Waals surface area contributed by atoms with Crippen LogP contribution in [0.15, 0.2) is 85.1 Å². The minimum atomic E-state index is -4.32. The number of unbranched alkanes of at least 4 members (excludes halogenated alkanes) is 18. The van der Waals surface area contributed by atoms with E-state index in [1.165, 1.54) is 83.5 Å². The first kappa shape index (κ1) is 60.7. The molecule has 0 saturated heterocycles. The maximum absolute atomic E-state index is 12.9. The number of quaternary nitrogens is 1. The van der Waals surface area contributed by atoms with Crippen LogP contribution in [0.5, 0.6) is 0 Å². The third-order valence-corrected chi connectivity index (χ3v) is 11.9. The van der Waals surface area contributed by atoms with E-state index in [-0.39, 0.29) is 19.1 Å². The van der Waals surface area contributed by atoms with E-state index in [2.05, 4.69) is 104 Å². The molecule has 364 valence electrons. The van der Waals surface area contributed by atoms with E-state index in [0.717, 1.165) is 89.9 Å². The highest BCUT2D eigenvalue weighted by atomic mass is 31.2. The Balaban J connectivity index is 4.13. The lowest BCUT2D eigenvalue weighted by Gasteiger charge is -2.26. The molecule has 0 spiro atoms. The number of allylic oxidation sites excluding steroid dienone is 14. The Bertz CT molecular complexity index is 1300. The Labute approximate surface area is 388 Å². The summed E-state index contributed by atoms with van der Waals surface area (Å²) < 4.78 is 23.6. The highest BCUT2D eigenvalue weighted by Gasteiger charge is 2.28. The van der Waals surface area contributed by atoms with Gasteiger partial charge in [0.05, 0.1) is 39.9 Å². The van der Waals surface area contributed by atoms with E-state index in [1.54, 1.807) is 0 Å². The van der Waals surface area contributed by atoms with Crippen LogP contribution in [-0.2, 0) is 18.4 Å². The molecule has 9 heteroatoms. The summed E-state index contributed by atoms with van der Waals surface area (Å²) in [5, 5.41) is 13.9. The molecular formula is C54H98N2O6P+. The predicted octanol–water partition coefficient (Wildman–Crippen LogP) is 14.9. The SMILES string of the molecule is CC/C=C\C/C=C\C/C=C\C/C=C\C/C=C\C/C=C\C/C=C\CCCCCCCCCCCC(=O)NC(COP(=O)(O)OCC[N+](C)(C)C)C(O)CCCCCCCCCCCC. The smallest absolute Gasteiger partial charge is 0.391 e. The molecule has 0 aliphatic carbocycles. The van der Waals surface area contributed by atoms with Crippen molar-refractivity contribution in [2.75, 3.05) is 40.9 Å². The maximum atomic E-state index is 12.9. The molecule has 0 aromatic carbocycles. The van der Waals surface area contributed by atoms with Crippen LogP contribution in [0.2, 0.25) is 0 Å². The van der Waals surface area contributed by atoms with Gasteiger partial charge in [0, 0.05) is 6.42 Å². The van der Waals surface area contributed by atoms with Gasteiger partial charge in [-0.05, 0) is 70.6 Å². The van der Waals surface area contributed by atoms with Gasteiger partial charge in [0.25, 0.3) is 0 Å². The molecule has 0 heterocycles. The molecule has 0 aliphatic heterocycles. The third kappa shape index (κ3) is 47.5. The summed E-state index contributed by atoms with van der Waals surface area (Å²) in [7, 11) is 1.60. The summed E-state index contributed by atoms with van der Waals surface area (Å²) in [5.74, 6) is -0.157. The Morgan fingerprint density at radius 1 is 0.556 bits per heavy atom. The molecule has 3 N–H and O–H groups in total. The van der Waals surface area contributed by atoms with Gasteiger partial charge in [-0.3, -0.25) is 13.8 Å². The van der Waals surface area contributed by atoms with Crippen LogP contribution in [0.4, 0.5) is 0 Å². The monoisotopic (exact) mass is 902 g/mol. The lowest BCUT2D eigenvalue weighted by molar-refractivity contribution is -0.870. The zero-order valence-corrected chi connectivity index (χ0v) is 42.2. The Morgan fingerprint density at radius 2 is 0.952 bits per heavy atom. The van der Waals surface area contributed by atoms with Crippen LogP contribution in [0.1, 0.15) is 200 Å². The van der Waals surface area contributed by atoms with E-state index < -0.39 is 20.0 Å². The summed E-state index contributed by atoms with van der Waals surface area (Å²) in [4.78, 5) is 23.2. The van der Waals surface area contributed by atoms with Crippen LogP contribution >= 0.6 is 7.82 Å². The number of rotatable bonds is 45. The Morgan fingerprint density at radius 3 is 1.40 bits per heavy atom. The highest BCUT2D eigenvalue weighted by molar-refractivity contribution is 7.47. The number of likely N-dealkylation sites (N-methyl/N-ethyl adjacent to an activating group) is 1. The second-order valence-electron chi connectivity index (χ2n) is 18.2. The number of phosphoric ester groups is 1. The van der Waals surface area contributed by atoms with Crippen molar-refractivity contribution >= 4 is 13.7 Å². The van der Waals surface area contributed by atoms with Gasteiger partial charge in [0.1, 0.15) is 13.2 Å². The minimum absolute atomic E-state index is 0.0693. The second-order valence-corrected chi connectivity index (χ2v) is 19.6. The largest absolute Gasteiger partial charge is 0.472 e. The maximum Gasteiger partial charge on any atom is 0.472 e. The van der Waals surface area contributed by atoms with Gasteiger partial charge in [0.15, 0.2) is 0 Å². The topological polar surface area (TPSA) is 105 Å². The van der Waals surface area contributed by atoms with Crippen molar-refractivity contribution in [1.29, 1.82) is 0 Å². The van der Waals surface area contributed by atoms with E-state index in [4.69, 9.17) is 9.05 Å². The fourth-order valence-electron chi connectivity index (χ4n) is 6.91.